The Morgan fingerprint density at radius 3 is 2.96 bits per heavy atom. The van der Waals surface area contributed by atoms with Crippen molar-refractivity contribution in [2.45, 2.75) is 39.3 Å². The Morgan fingerprint density at radius 1 is 1.36 bits per heavy atom. The SMILES string of the molecule is Cc1ccnn1-c1cccc(NC(=O)NC2C3CCOC3C2(C)C)c1. The number of benzene rings is 1. The maximum absolute atomic E-state index is 12.5. The monoisotopic (exact) mass is 340 g/mol. The summed E-state index contributed by atoms with van der Waals surface area (Å²) >= 11 is 0. The van der Waals surface area contributed by atoms with E-state index in [0.717, 1.165) is 30.1 Å². The van der Waals surface area contributed by atoms with Crippen molar-refractivity contribution in [3.8, 4) is 5.69 Å². The average molecular weight is 340 g/mol. The van der Waals surface area contributed by atoms with Gasteiger partial charge in [0.25, 0.3) is 0 Å². The molecule has 2 amide bonds. The molecule has 2 aromatic rings. The highest BCUT2D eigenvalue weighted by Gasteiger charge is 2.59. The van der Waals surface area contributed by atoms with Crippen LogP contribution in [0.4, 0.5) is 10.5 Å². The highest BCUT2D eigenvalue weighted by molar-refractivity contribution is 5.90. The number of aryl methyl sites for hydroxylation is 1. The van der Waals surface area contributed by atoms with Crippen molar-refractivity contribution in [2.24, 2.45) is 11.3 Å². The Bertz CT molecular complexity index is 798. The fourth-order valence-electron chi connectivity index (χ4n) is 4.28. The molecule has 2 aliphatic rings. The number of nitrogens with zero attached hydrogens (tertiary/aromatic N) is 2. The van der Waals surface area contributed by atoms with E-state index in [1.165, 1.54) is 0 Å². The molecule has 2 heterocycles. The Morgan fingerprint density at radius 2 is 2.20 bits per heavy atom. The Labute approximate surface area is 147 Å². The second-order valence-electron chi connectivity index (χ2n) is 7.58. The van der Waals surface area contributed by atoms with E-state index in [0.29, 0.717) is 5.92 Å². The van der Waals surface area contributed by atoms with Gasteiger partial charge in [0, 0.05) is 41.6 Å². The first-order chi connectivity index (χ1) is 12.0. The van der Waals surface area contributed by atoms with E-state index in [-0.39, 0.29) is 23.6 Å². The van der Waals surface area contributed by atoms with Crippen LogP contribution in [-0.2, 0) is 4.74 Å². The molecule has 0 radical (unpaired) electrons. The van der Waals surface area contributed by atoms with Crippen LogP contribution in [0.5, 0.6) is 0 Å². The van der Waals surface area contributed by atoms with Crippen molar-refractivity contribution in [2.75, 3.05) is 11.9 Å². The molecule has 1 aliphatic carbocycles. The van der Waals surface area contributed by atoms with E-state index >= 15 is 0 Å². The zero-order valence-electron chi connectivity index (χ0n) is 14.8. The molecule has 1 aliphatic heterocycles. The zero-order chi connectivity index (χ0) is 17.6. The molecule has 132 valence electrons. The second-order valence-corrected chi connectivity index (χ2v) is 7.58. The summed E-state index contributed by atoms with van der Waals surface area (Å²) in [5.74, 6) is 0.429. The van der Waals surface area contributed by atoms with Gasteiger partial charge in [-0.1, -0.05) is 19.9 Å². The lowest BCUT2D eigenvalue weighted by atomic mass is 9.57. The lowest BCUT2D eigenvalue weighted by Crippen LogP contribution is -2.67. The van der Waals surface area contributed by atoms with Crippen molar-refractivity contribution < 1.29 is 9.53 Å². The van der Waals surface area contributed by atoms with Gasteiger partial charge in [-0.25, -0.2) is 9.48 Å². The molecule has 4 rings (SSSR count). The van der Waals surface area contributed by atoms with Crippen molar-refractivity contribution in [3.63, 3.8) is 0 Å². The molecule has 25 heavy (non-hydrogen) atoms. The van der Waals surface area contributed by atoms with E-state index in [2.05, 4.69) is 29.6 Å². The third kappa shape index (κ3) is 2.70. The summed E-state index contributed by atoms with van der Waals surface area (Å²) in [7, 11) is 0. The molecule has 0 bridgehead atoms. The fraction of sp³-hybridized carbons (Fsp3) is 0.474. The minimum absolute atomic E-state index is 0.0213. The zero-order valence-corrected chi connectivity index (χ0v) is 14.8. The largest absolute Gasteiger partial charge is 0.377 e. The first-order valence-electron chi connectivity index (χ1n) is 8.77. The number of urea groups is 1. The highest BCUT2D eigenvalue weighted by Crippen LogP contribution is 2.52. The molecule has 1 saturated carbocycles. The molecule has 1 aromatic carbocycles. The van der Waals surface area contributed by atoms with Crippen LogP contribution in [0.15, 0.2) is 36.5 Å². The Hall–Kier alpha value is -2.34. The Balaban J connectivity index is 1.44. The number of carbonyl (C=O) groups is 1. The predicted molar refractivity (Wildman–Crippen MR) is 95.9 cm³/mol. The molecule has 1 saturated heterocycles. The van der Waals surface area contributed by atoms with Gasteiger partial charge < -0.3 is 15.4 Å². The number of carbonyl (C=O) groups excluding carboxylic acids is 1. The van der Waals surface area contributed by atoms with Gasteiger partial charge >= 0.3 is 6.03 Å². The number of fused-ring (bicyclic) bond motifs is 1. The molecular weight excluding hydrogens is 316 g/mol. The summed E-state index contributed by atoms with van der Waals surface area (Å²) in [5, 5.41) is 10.4. The van der Waals surface area contributed by atoms with Gasteiger partial charge in [0.2, 0.25) is 0 Å². The first kappa shape index (κ1) is 16.1. The topological polar surface area (TPSA) is 68.2 Å². The van der Waals surface area contributed by atoms with Gasteiger partial charge in [-0.15, -0.1) is 0 Å². The van der Waals surface area contributed by atoms with Gasteiger partial charge in [-0.3, -0.25) is 0 Å². The summed E-state index contributed by atoms with van der Waals surface area (Å²) < 4.78 is 7.63. The average Bonchev–Trinajstić information content (AvgIpc) is 3.20. The number of hydrogen-bond acceptors (Lipinski definition) is 3. The molecular formula is C19H24N4O2. The summed E-state index contributed by atoms with van der Waals surface area (Å²) in [6, 6.07) is 9.63. The van der Waals surface area contributed by atoms with Crippen LogP contribution in [0.25, 0.3) is 5.69 Å². The first-order valence-corrected chi connectivity index (χ1v) is 8.77. The molecule has 2 fully saturated rings. The predicted octanol–water partition coefficient (Wildman–Crippen LogP) is 3.12. The summed E-state index contributed by atoms with van der Waals surface area (Å²) in [6.07, 6.45) is 3.05. The number of hydrogen-bond donors (Lipinski definition) is 2. The second kappa shape index (κ2) is 5.88. The van der Waals surface area contributed by atoms with Gasteiger partial charge in [0.05, 0.1) is 11.8 Å². The molecule has 0 spiro atoms. The third-order valence-electron chi connectivity index (χ3n) is 5.57. The number of amides is 2. The molecule has 1 aromatic heterocycles. The van der Waals surface area contributed by atoms with E-state index < -0.39 is 0 Å². The van der Waals surface area contributed by atoms with Crippen molar-refractivity contribution in [3.05, 3.63) is 42.2 Å². The smallest absolute Gasteiger partial charge is 0.319 e. The number of anilines is 1. The van der Waals surface area contributed by atoms with Gasteiger partial charge in [-0.05, 0) is 37.6 Å². The highest BCUT2D eigenvalue weighted by atomic mass is 16.5. The van der Waals surface area contributed by atoms with Crippen LogP contribution < -0.4 is 10.6 Å². The molecule has 3 atom stereocenters. The van der Waals surface area contributed by atoms with E-state index in [4.69, 9.17) is 4.74 Å². The summed E-state index contributed by atoms with van der Waals surface area (Å²) in [6.45, 7) is 7.11. The standard InChI is InChI=1S/C19H24N4O2/c1-12-7-9-20-23(12)14-6-4-5-13(11-14)21-18(24)22-16-15-8-10-25-17(15)19(16,2)3/h4-7,9,11,15-17H,8,10H2,1-3H3,(H2,21,22,24). The van der Waals surface area contributed by atoms with Gasteiger partial charge in [0.15, 0.2) is 0 Å². The van der Waals surface area contributed by atoms with E-state index in [1.54, 1.807) is 6.20 Å². The summed E-state index contributed by atoms with van der Waals surface area (Å²) in [5.41, 5.74) is 2.70. The maximum Gasteiger partial charge on any atom is 0.319 e. The van der Waals surface area contributed by atoms with Crippen molar-refractivity contribution >= 4 is 11.7 Å². The van der Waals surface area contributed by atoms with E-state index in [1.807, 2.05) is 41.9 Å². The van der Waals surface area contributed by atoms with Crippen LogP contribution in [0, 0.1) is 18.3 Å². The van der Waals surface area contributed by atoms with Crippen molar-refractivity contribution in [1.29, 1.82) is 0 Å². The van der Waals surface area contributed by atoms with Gasteiger partial charge in [-0.2, -0.15) is 5.10 Å². The number of rotatable bonds is 3. The minimum Gasteiger partial charge on any atom is -0.377 e. The summed E-state index contributed by atoms with van der Waals surface area (Å²) in [4.78, 5) is 12.5. The van der Waals surface area contributed by atoms with Crippen LogP contribution in [0.3, 0.4) is 0 Å². The number of ether oxygens (including phenoxy) is 1. The molecule has 6 nitrogen and oxygen atoms in total. The normalized spacial score (nSPS) is 26.6. The molecule has 3 unspecified atom stereocenters. The van der Waals surface area contributed by atoms with Crippen molar-refractivity contribution in [1.82, 2.24) is 15.1 Å². The maximum atomic E-state index is 12.5. The quantitative estimate of drug-likeness (QED) is 0.902. The van der Waals surface area contributed by atoms with Crippen LogP contribution in [0.2, 0.25) is 0 Å². The van der Waals surface area contributed by atoms with Crippen LogP contribution in [0.1, 0.15) is 26.0 Å². The lowest BCUT2D eigenvalue weighted by Gasteiger charge is -2.54. The van der Waals surface area contributed by atoms with Gasteiger partial charge in [0.1, 0.15) is 0 Å². The molecule has 2 N–H and O–H groups in total. The fourth-order valence-corrected chi connectivity index (χ4v) is 4.28. The number of nitrogens with one attached hydrogen (secondary N) is 2. The van der Waals surface area contributed by atoms with Crippen LogP contribution >= 0.6 is 0 Å². The molecule has 6 heteroatoms. The lowest BCUT2D eigenvalue weighted by molar-refractivity contribution is -0.107. The minimum atomic E-state index is -0.169. The number of aromatic nitrogens is 2. The van der Waals surface area contributed by atoms with Crippen LogP contribution in [-0.4, -0.2) is 34.6 Å². The Kier molecular flexibility index (Phi) is 3.80. The van der Waals surface area contributed by atoms with E-state index in [9.17, 15) is 4.79 Å². The third-order valence-corrected chi connectivity index (χ3v) is 5.57.